The molecule has 0 radical (unpaired) electrons. The SMILES string of the molecule is CCCCCOC(=O)c1c2ccc(C)cc(C)c-2c(C(=O)OC)c1OCC. The van der Waals surface area contributed by atoms with E-state index in [1.165, 1.54) is 7.11 Å². The minimum absolute atomic E-state index is 0.242. The molecule has 2 aliphatic carbocycles. The van der Waals surface area contributed by atoms with Gasteiger partial charge in [-0.1, -0.05) is 43.5 Å². The summed E-state index contributed by atoms with van der Waals surface area (Å²) >= 11 is 0. The summed E-state index contributed by atoms with van der Waals surface area (Å²) in [6, 6.07) is 5.73. The van der Waals surface area contributed by atoms with Crippen molar-refractivity contribution in [3.8, 4) is 16.9 Å². The van der Waals surface area contributed by atoms with Crippen LogP contribution < -0.4 is 4.74 Å². The average Bonchev–Trinajstić information content (AvgIpc) is 2.89. The first kappa shape index (κ1) is 20.7. The second kappa shape index (κ2) is 9.40. The molecule has 0 bridgehead atoms. The van der Waals surface area contributed by atoms with Crippen molar-refractivity contribution in [2.75, 3.05) is 20.3 Å². The molecular weight excluding hydrogens is 344 g/mol. The third-order valence-electron chi connectivity index (χ3n) is 4.46. The molecule has 0 N–H and O–H groups in total. The fourth-order valence-electron chi connectivity index (χ4n) is 3.25. The number of hydrogen-bond acceptors (Lipinski definition) is 5. The number of ether oxygens (including phenoxy) is 3. The summed E-state index contributed by atoms with van der Waals surface area (Å²) in [5.41, 5.74) is 3.79. The number of esters is 2. The molecule has 0 aromatic carbocycles. The first-order valence-electron chi connectivity index (χ1n) is 9.41. The van der Waals surface area contributed by atoms with Crippen LogP contribution in [0.2, 0.25) is 0 Å². The van der Waals surface area contributed by atoms with Crippen LogP contribution >= 0.6 is 0 Å². The van der Waals surface area contributed by atoms with Crippen molar-refractivity contribution >= 4 is 11.9 Å². The van der Waals surface area contributed by atoms with Gasteiger partial charge in [0.25, 0.3) is 0 Å². The van der Waals surface area contributed by atoms with Crippen molar-refractivity contribution in [1.29, 1.82) is 0 Å². The molecular formula is C22H28O5. The van der Waals surface area contributed by atoms with Crippen LogP contribution in [0.4, 0.5) is 0 Å². The zero-order valence-electron chi connectivity index (χ0n) is 16.8. The van der Waals surface area contributed by atoms with Crippen LogP contribution in [-0.2, 0) is 9.47 Å². The largest absolute Gasteiger partial charge is 0.492 e. The van der Waals surface area contributed by atoms with Gasteiger partial charge < -0.3 is 14.2 Å². The minimum atomic E-state index is -0.527. The van der Waals surface area contributed by atoms with Gasteiger partial charge in [-0.15, -0.1) is 0 Å². The number of hydrogen-bond donors (Lipinski definition) is 0. The summed E-state index contributed by atoms with van der Waals surface area (Å²) in [6.07, 6.45) is 2.84. The van der Waals surface area contributed by atoms with Crippen LogP contribution in [0.25, 0.3) is 11.1 Å². The lowest BCUT2D eigenvalue weighted by atomic mass is 10.0. The number of unbranched alkanes of at least 4 members (excludes halogenated alkanes) is 2. The van der Waals surface area contributed by atoms with Crippen LogP contribution in [0.1, 0.15) is 65.0 Å². The zero-order valence-corrected chi connectivity index (χ0v) is 16.8. The summed E-state index contributed by atoms with van der Waals surface area (Å²) in [6.45, 7) is 8.44. The second-order valence-electron chi connectivity index (χ2n) is 6.54. The van der Waals surface area contributed by atoms with E-state index in [1.807, 2.05) is 39.0 Å². The molecule has 5 heteroatoms. The maximum Gasteiger partial charge on any atom is 0.342 e. The monoisotopic (exact) mass is 372 g/mol. The first-order chi connectivity index (χ1) is 13.0. The predicted molar refractivity (Wildman–Crippen MR) is 105 cm³/mol. The van der Waals surface area contributed by atoms with E-state index in [0.717, 1.165) is 30.4 Å². The normalized spacial score (nSPS) is 10.7. The molecule has 0 amide bonds. The molecule has 2 rings (SSSR count). The van der Waals surface area contributed by atoms with E-state index >= 15 is 0 Å². The van der Waals surface area contributed by atoms with Gasteiger partial charge in [0, 0.05) is 11.1 Å². The quantitative estimate of drug-likeness (QED) is 0.485. The molecule has 0 atom stereocenters. The Morgan fingerprint density at radius 3 is 2.37 bits per heavy atom. The van der Waals surface area contributed by atoms with Gasteiger partial charge in [0.05, 0.1) is 20.3 Å². The Bertz CT molecular complexity index is 794. The van der Waals surface area contributed by atoms with E-state index in [0.29, 0.717) is 29.9 Å². The third kappa shape index (κ3) is 4.41. The summed E-state index contributed by atoms with van der Waals surface area (Å²) in [4.78, 5) is 25.4. The van der Waals surface area contributed by atoms with Gasteiger partial charge in [0.15, 0.2) is 0 Å². The molecule has 0 aromatic rings. The molecule has 0 heterocycles. The topological polar surface area (TPSA) is 61.8 Å². The fourth-order valence-corrected chi connectivity index (χ4v) is 3.25. The van der Waals surface area contributed by atoms with Gasteiger partial charge in [-0.25, -0.2) is 9.59 Å². The Balaban J connectivity index is 2.66. The zero-order chi connectivity index (χ0) is 20.0. The summed E-state index contributed by atoms with van der Waals surface area (Å²) in [5.74, 6) is -0.759. The number of fused-ring (bicyclic) bond motifs is 1. The number of carbonyl (C=O) groups excluding carboxylic acids is 2. The van der Waals surface area contributed by atoms with Crippen molar-refractivity contribution in [3.63, 3.8) is 0 Å². The van der Waals surface area contributed by atoms with Gasteiger partial charge in [0.1, 0.15) is 16.9 Å². The van der Waals surface area contributed by atoms with E-state index in [-0.39, 0.29) is 11.3 Å². The highest BCUT2D eigenvalue weighted by Crippen LogP contribution is 2.44. The highest BCUT2D eigenvalue weighted by Gasteiger charge is 2.34. The Morgan fingerprint density at radius 1 is 1.00 bits per heavy atom. The minimum Gasteiger partial charge on any atom is -0.492 e. The van der Waals surface area contributed by atoms with E-state index in [1.54, 1.807) is 0 Å². The maximum absolute atomic E-state index is 12.9. The smallest absolute Gasteiger partial charge is 0.342 e. The molecule has 0 spiro atoms. The molecule has 0 aliphatic heterocycles. The Morgan fingerprint density at radius 2 is 1.74 bits per heavy atom. The van der Waals surface area contributed by atoms with E-state index in [9.17, 15) is 9.59 Å². The summed E-state index contributed by atoms with van der Waals surface area (Å²) < 4.78 is 16.2. The Labute approximate surface area is 161 Å². The molecule has 2 aliphatic rings. The predicted octanol–water partition coefficient (Wildman–Crippen LogP) is 4.94. The molecule has 0 unspecified atom stereocenters. The molecule has 0 saturated heterocycles. The molecule has 0 aromatic heterocycles. The standard InChI is InChI=1S/C22H28O5/c1-6-8-9-12-27-22(24)18-16-11-10-14(3)13-15(4)17(16)19(21(23)25-5)20(18)26-7-2/h10-11,13H,6-9,12H2,1-5H3. The van der Waals surface area contributed by atoms with Gasteiger partial charge in [0.2, 0.25) is 0 Å². The van der Waals surface area contributed by atoms with E-state index in [4.69, 9.17) is 14.2 Å². The summed E-state index contributed by atoms with van der Waals surface area (Å²) in [7, 11) is 1.32. The second-order valence-corrected chi connectivity index (χ2v) is 6.54. The van der Waals surface area contributed by atoms with E-state index < -0.39 is 11.9 Å². The van der Waals surface area contributed by atoms with Crippen LogP contribution in [0.3, 0.4) is 0 Å². The number of methoxy groups -OCH3 is 1. The highest BCUT2D eigenvalue weighted by molar-refractivity contribution is 6.13. The Hall–Kier alpha value is -2.56. The van der Waals surface area contributed by atoms with Crippen LogP contribution in [0.15, 0.2) is 18.2 Å². The first-order valence-corrected chi connectivity index (χ1v) is 9.41. The van der Waals surface area contributed by atoms with Crippen molar-refractivity contribution in [1.82, 2.24) is 0 Å². The summed E-state index contributed by atoms with van der Waals surface area (Å²) in [5, 5.41) is 0. The Kier molecular flexibility index (Phi) is 7.22. The average molecular weight is 372 g/mol. The van der Waals surface area contributed by atoms with Crippen molar-refractivity contribution < 1.29 is 23.8 Å². The van der Waals surface area contributed by atoms with Gasteiger partial charge in [-0.2, -0.15) is 0 Å². The van der Waals surface area contributed by atoms with Crippen LogP contribution in [0.5, 0.6) is 5.75 Å². The lowest BCUT2D eigenvalue weighted by Gasteiger charge is -2.09. The lowest BCUT2D eigenvalue weighted by Crippen LogP contribution is -2.10. The number of rotatable bonds is 8. The highest BCUT2D eigenvalue weighted by atomic mass is 16.5. The van der Waals surface area contributed by atoms with Gasteiger partial charge in [-0.05, 0) is 32.8 Å². The maximum atomic E-state index is 12.9. The molecule has 5 nitrogen and oxygen atoms in total. The number of carbonyl (C=O) groups is 2. The molecule has 27 heavy (non-hydrogen) atoms. The van der Waals surface area contributed by atoms with E-state index in [2.05, 4.69) is 6.92 Å². The van der Waals surface area contributed by atoms with Crippen molar-refractivity contribution in [2.24, 2.45) is 0 Å². The van der Waals surface area contributed by atoms with Crippen LogP contribution in [0, 0.1) is 13.8 Å². The van der Waals surface area contributed by atoms with Crippen molar-refractivity contribution in [3.05, 3.63) is 40.5 Å². The van der Waals surface area contributed by atoms with Gasteiger partial charge >= 0.3 is 11.9 Å². The fraction of sp³-hybridized carbons (Fsp3) is 0.455. The number of aryl methyl sites for hydroxylation is 2. The molecule has 0 saturated carbocycles. The molecule has 146 valence electrons. The van der Waals surface area contributed by atoms with Crippen LogP contribution in [-0.4, -0.2) is 32.3 Å². The van der Waals surface area contributed by atoms with Gasteiger partial charge in [-0.3, -0.25) is 0 Å². The molecule has 0 fully saturated rings. The third-order valence-corrected chi connectivity index (χ3v) is 4.46. The van der Waals surface area contributed by atoms with Crippen molar-refractivity contribution in [2.45, 2.75) is 47.0 Å². The lowest BCUT2D eigenvalue weighted by molar-refractivity contribution is 0.0495.